The zero-order valence-corrected chi connectivity index (χ0v) is 10.6. The molecule has 0 aromatic rings. The molecule has 0 spiro atoms. The van der Waals surface area contributed by atoms with Gasteiger partial charge in [-0.25, -0.2) is 0 Å². The lowest BCUT2D eigenvalue weighted by molar-refractivity contribution is -0.109. The summed E-state index contributed by atoms with van der Waals surface area (Å²) < 4.78 is 0. The van der Waals surface area contributed by atoms with E-state index in [0.717, 1.165) is 72.0 Å². The summed E-state index contributed by atoms with van der Waals surface area (Å²) in [7, 11) is 0. The van der Waals surface area contributed by atoms with Gasteiger partial charge in [0, 0.05) is 12.8 Å². The maximum atomic E-state index is 11.0. The van der Waals surface area contributed by atoms with E-state index in [9.17, 15) is 9.59 Å². The van der Waals surface area contributed by atoms with Crippen LogP contribution < -0.4 is 0 Å². The predicted molar refractivity (Wildman–Crippen MR) is 65.5 cm³/mol. The van der Waals surface area contributed by atoms with Crippen LogP contribution in [0.5, 0.6) is 0 Å². The summed E-state index contributed by atoms with van der Waals surface area (Å²) in [5, 5.41) is 0. The fourth-order valence-corrected chi connectivity index (χ4v) is 7.82. The van der Waals surface area contributed by atoms with E-state index >= 15 is 0 Å². The second-order valence-electron chi connectivity index (χ2n) is 7.57. The van der Waals surface area contributed by atoms with Crippen molar-refractivity contribution in [1.29, 1.82) is 0 Å². The van der Waals surface area contributed by atoms with Crippen molar-refractivity contribution in [3.8, 4) is 0 Å². The highest BCUT2D eigenvalue weighted by Gasteiger charge is 2.78. The van der Waals surface area contributed by atoms with Crippen LogP contribution in [0.4, 0.5) is 0 Å². The van der Waals surface area contributed by atoms with Crippen molar-refractivity contribution in [3.05, 3.63) is 0 Å². The van der Waals surface area contributed by atoms with E-state index in [4.69, 9.17) is 0 Å². The molecule has 0 saturated heterocycles. The third-order valence-electron chi connectivity index (χ3n) is 7.78. The fraction of sp³-hybridized carbons (Fsp3) is 0.875. The van der Waals surface area contributed by atoms with Gasteiger partial charge in [-0.2, -0.15) is 0 Å². The highest BCUT2D eigenvalue weighted by atomic mass is 16.1. The third-order valence-corrected chi connectivity index (χ3v) is 7.78. The standard InChI is InChI=1S/C16H20O2/c17-3-1-7-9-5-11-8(2-4-18)12-6-10(7)14-13(9)15(11)16(12)14/h3-4,7-16H,1-2,5-6H2/t7?,8?,9-,10+,11+,12-,13?,14?,15?,16?. The van der Waals surface area contributed by atoms with Crippen molar-refractivity contribution < 1.29 is 9.59 Å². The highest BCUT2D eigenvalue weighted by molar-refractivity contribution is 5.52. The average molecular weight is 244 g/mol. The monoisotopic (exact) mass is 244 g/mol. The highest BCUT2D eigenvalue weighted by Crippen LogP contribution is 2.82. The first kappa shape index (κ1) is 10.2. The second kappa shape index (κ2) is 3.08. The van der Waals surface area contributed by atoms with E-state index in [1.165, 1.54) is 25.4 Å². The molecule has 0 bridgehead atoms. The molecule has 5 fully saturated rings. The summed E-state index contributed by atoms with van der Waals surface area (Å²) in [6, 6.07) is 0. The molecule has 96 valence electrons. The summed E-state index contributed by atoms with van der Waals surface area (Å²) in [6.45, 7) is 0. The molecule has 0 heterocycles. The van der Waals surface area contributed by atoms with E-state index in [0.29, 0.717) is 0 Å². The Hall–Kier alpha value is -0.660. The Labute approximate surface area is 108 Å². The van der Waals surface area contributed by atoms with Gasteiger partial charge >= 0.3 is 0 Å². The van der Waals surface area contributed by atoms with Crippen LogP contribution in [0.1, 0.15) is 25.7 Å². The summed E-state index contributed by atoms with van der Waals surface area (Å²) in [6.07, 6.45) is 6.69. The Kier molecular flexibility index (Phi) is 1.74. The molecular formula is C16H20O2. The predicted octanol–water partition coefficient (Wildman–Crippen LogP) is 2.17. The number of hydrogen-bond acceptors (Lipinski definition) is 2. The van der Waals surface area contributed by atoms with Crippen molar-refractivity contribution in [2.24, 2.45) is 59.2 Å². The van der Waals surface area contributed by atoms with Crippen molar-refractivity contribution in [2.75, 3.05) is 0 Å². The van der Waals surface area contributed by atoms with Crippen LogP contribution >= 0.6 is 0 Å². The van der Waals surface area contributed by atoms with Gasteiger partial charge in [0.2, 0.25) is 0 Å². The fourth-order valence-electron chi connectivity index (χ4n) is 7.82. The quantitative estimate of drug-likeness (QED) is 0.710. The Balaban J connectivity index is 1.56. The summed E-state index contributed by atoms with van der Waals surface area (Å²) in [5.74, 6) is 8.73. The molecule has 5 aliphatic rings. The SMILES string of the molecule is O=CCC1[C@@H]2C[C@H]3C4C2C2C4[C@@H](C[C@@H]21)C3CC=O. The Morgan fingerprint density at radius 2 is 1.00 bits per heavy atom. The molecule has 5 aliphatic carbocycles. The van der Waals surface area contributed by atoms with Gasteiger partial charge in [0.05, 0.1) is 0 Å². The minimum Gasteiger partial charge on any atom is -0.303 e. The summed E-state index contributed by atoms with van der Waals surface area (Å²) >= 11 is 0. The van der Waals surface area contributed by atoms with Gasteiger partial charge in [-0.3, -0.25) is 0 Å². The molecule has 5 rings (SSSR count). The molecule has 0 N–H and O–H groups in total. The number of hydrogen-bond donors (Lipinski definition) is 0. The van der Waals surface area contributed by atoms with E-state index in [1.54, 1.807) is 0 Å². The van der Waals surface area contributed by atoms with Crippen LogP contribution in [0, 0.1) is 59.2 Å². The van der Waals surface area contributed by atoms with Gasteiger partial charge in [0.1, 0.15) is 12.6 Å². The second-order valence-corrected chi connectivity index (χ2v) is 7.57. The van der Waals surface area contributed by atoms with Gasteiger partial charge in [0.25, 0.3) is 0 Å². The Morgan fingerprint density at radius 3 is 1.28 bits per heavy atom. The zero-order valence-electron chi connectivity index (χ0n) is 10.6. The van der Waals surface area contributed by atoms with Gasteiger partial charge in [-0.15, -0.1) is 0 Å². The zero-order chi connectivity index (χ0) is 12.0. The molecule has 0 aliphatic heterocycles. The van der Waals surface area contributed by atoms with E-state index in [2.05, 4.69) is 0 Å². The number of aldehydes is 2. The first-order valence-corrected chi connectivity index (χ1v) is 7.74. The topological polar surface area (TPSA) is 34.1 Å². The molecule has 6 atom stereocenters. The van der Waals surface area contributed by atoms with Crippen LogP contribution in [0.25, 0.3) is 0 Å². The minimum atomic E-state index is 0.720. The summed E-state index contributed by atoms with van der Waals surface area (Å²) in [5.41, 5.74) is 0. The van der Waals surface area contributed by atoms with Gasteiger partial charge in [-0.05, 0) is 72.0 Å². The number of carbonyl (C=O) groups excluding carboxylic acids is 2. The van der Waals surface area contributed by atoms with Crippen molar-refractivity contribution in [3.63, 3.8) is 0 Å². The smallest absolute Gasteiger partial charge is 0.120 e. The van der Waals surface area contributed by atoms with Crippen molar-refractivity contribution in [1.82, 2.24) is 0 Å². The summed E-state index contributed by atoms with van der Waals surface area (Å²) in [4.78, 5) is 21.9. The molecule has 0 aromatic heterocycles. The maximum absolute atomic E-state index is 11.0. The third kappa shape index (κ3) is 0.838. The first-order chi connectivity index (χ1) is 8.86. The Morgan fingerprint density at radius 1 is 0.667 bits per heavy atom. The van der Waals surface area contributed by atoms with Crippen LogP contribution in [0.15, 0.2) is 0 Å². The lowest BCUT2D eigenvalue weighted by Gasteiger charge is -2.44. The lowest BCUT2D eigenvalue weighted by atomic mass is 9.60. The molecule has 0 aromatic carbocycles. The molecule has 5 saturated carbocycles. The van der Waals surface area contributed by atoms with Gasteiger partial charge < -0.3 is 9.59 Å². The van der Waals surface area contributed by atoms with Gasteiger partial charge in [-0.1, -0.05) is 0 Å². The van der Waals surface area contributed by atoms with E-state index in [1.807, 2.05) is 0 Å². The lowest BCUT2D eigenvalue weighted by Crippen LogP contribution is -2.41. The number of carbonyl (C=O) groups is 2. The molecule has 18 heavy (non-hydrogen) atoms. The van der Waals surface area contributed by atoms with Crippen LogP contribution in [-0.4, -0.2) is 12.6 Å². The van der Waals surface area contributed by atoms with Gasteiger partial charge in [0.15, 0.2) is 0 Å². The normalized spacial score (nSPS) is 65.1. The van der Waals surface area contributed by atoms with Crippen LogP contribution in [0.3, 0.4) is 0 Å². The molecule has 0 radical (unpaired) electrons. The molecule has 2 heteroatoms. The molecule has 2 nitrogen and oxygen atoms in total. The van der Waals surface area contributed by atoms with Crippen LogP contribution in [0.2, 0.25) is 0 Å². The minimum absolute atomic E-state index is 0.720. The average Bonchev–Trinajstić information content (AvgIpc) is 2.92. The largest absolute Gasteiger partial charge is 0.303 e. The van der Waals surface area contributed by atoms with Crippen molar-refractivity contribution in [2.45, 2.75) is 25.7 Å². The molecule has 2 unspecified atom stereocenters. The van der Waals surface area contributed by atoms with E-state index < -0.39 is 0 Å². The van der Waals surface area contributed by atoms with Crippen molar-refractivity contribution >= 4 is 12.6 Å². The molecule has 0 amide bonds. The molecular weight excluding hydrogens is 224 g/mol. The van der Waals surface area contributed by atoms with E-state index in [-0.39, 0.29) is 0 Å². The van der Waals surface area contributed by atoms with Crippen LogP contribution in [-0.2, 0) is 9.59 Å². The Bertz CT molecular complexity index is 355. The first-order valence-electron chi connectivity index (χ1n) is 7.74. The maximum Gasteiger partial charge on any atom is 0.120 e. The number of rotatable bonds is 4.